The molecule has 1 fully saturated rings. The van der Waals surface area contributed by atoms with E-state index in [1.54, 1.807) is 12.3 Å². The van der Waals surface area contributed by atoms with Crippen molar-refractivity contribution in [2.75, 3.05) is 12.8 Å². The third-order valence-electron chi connectivity index (χ3n) is 3.55. The molecular weight excluding hydrogens is 294 g/mol. The summed E-state index contributed by atoms with van der Waals surface area (Å²) >= 11 is 3.36. The zero-order chi connectivity index (χ0) is 13.1. The number of nitrogens with two attached hydrogens (primary N) is 1. The van der Waals surface area contributed by atoms with Crippen molar-refractivity contribution in [1.29, 1.82) is 0 Å². The highest BCUT2D eigenvalue weighted by atomic mass is 79.9. The van der Waals surface area contributed by atoms with Crippen molar-refractivity contribution in [2.24, 2.45) is 0 Å². The third kappa shape index (κ3) is 2.83. The van der Waals surface area contributed by atoms with Gasteiger partial charge in [0.25, 0.3) is 5.91 Å². The fraction of sp³-hybridized carbons (Fsp3) is 0.538. The Labute approximate surface area is 116 Å². The molecule has 98 valence electrons. The Morgan fingerprint density at radius 1 is 1.44 bits per heavy atom. The Bertz CT molecular complexity index is 444. The molecule has 18 heavy (non-hydrogen) atoms. The summed E-state index contributed by atoms with van der Waals surface area (Å²) in [6.45, 7) is 0. The minimum absolute atomic E-state index is 0.0166. The maximum absolute atomic E-state index is 12.4. The summed E-state index contributed by atoms with van der Waals surface area (Å²) in [5, 5.41) is 0. The van der Waals surface area contributed by atoms with Crippen LogP contribution in [0.25, 0.3) is 0 Å². The van der Waals surface area contributed by atoms with Crippen molar-refractivity contribution in [3.8, 4) is 0 Å². The summed E-state index contributed by atoms with van der Waals surface area (Å²) in [7, 11) is 1.88. The zero-order valence-electron chi connectivity index (χ0n) is 10.5. The average Bonchev–Trinajstić information content (AvgIpc) is 2.41. The lowest BCUT2D eigenvalue weighted by Gasteiger charge is -2.31. The van der Waals surface area contributed by atoms with Crippen molar-refractivity contribution in [3.63, 3.8) is 0 Å². The molecule has 0 atom stereocenters. The van der Waals surface area contributed by atoms with Gasteiger partial charge in [-0.15, -0.1) is 0 Å². The molecule has 5 heteroatoms. The van der Waals surface area contributed by atoms with Gasteiger partial charge in [-0.25, -0.2) is 4.98 Å². The van der Waals surface area contributed by atoms with Crippen LogP contribution in [0.15, 0.2) is 16.7 Å². The predicted octanol–water partition coefficient (Wildman–Crippen LogP) is 2.83. The number of nitrogens with zero attached hydrogens (tertiary/aromatic N) is 2. The van der Waals surface area contributed by atoms with Crippen LogP contribution in [0.1, 0.15) is 42.5 Å². The van der Waals surface area contributed by atoms with Crippen LogP contribution in [0.2, 0.25) is 0 Å². The fourth-order valence-electron chi connectivity index (χ4n) is 2.44. The van der Waals surface area contributed by atoms with Gasteiger partial charge in [-0.05, 0) is 34.8 Å². The van der Waals surface area contributed by atoms with Crippen molar-refractivity contribution in [2.45, 2.75) is 38.1 Å². The molecule has 0 spiro atoms. The molecule has 1 amide bonds. The van der Waals surface area contributed by atoms with E-state index in [2.05, 4.69) is 20.9 Å². The molecule has 1 aliphatic carbocycles. The number of halogens is 1. The number of anilines is 1. The van der Waals surface area contributed by atoms with Crippen LogP contribution in [-0.2, 0) is 0 Å². The van der Waals surface area contributed by atoms with Gasteiger partial charge in [0, 0.05) is 23.8 Å². The summed E-state index contributed by atoms with van der Waals surface area (Å²) in [5.41, 5.74) is 6.23. The van der Waals surface area contributed by atoms with Crippen LogP contribution in [0.5, 0.6) is 0 Å². The Morgan fingerprint density at radius 3 is 2.78 bits per heavy atom. The second-order valence-electron chi connectivity index (χ2n) is 4.80. The first-order valence-corrected chi connectivity index (χ1v) is 7.07. The van der Waals surface area contributed by atoms with Crippen molar-refractivity contribution < 1.29 is 4.79 Å². The van der Waals surface area contributed by atoms with Crippen molar-refractivity contribution >= 4 is 27.7 Å². The average molecular weight is 312 g/mol. The minimum atomic E-state index is 0.0166. The Kier molecular flexibility index (Phi) is 4.22. The molecule has 0 radical (unpaired) electrons. The molecule has 0 aliphatic heterocycles. The van der Waals surface area contributed by atoms with E-state index in [1.165, 1.54) is 19.3 Å². The highest BCUT2D eigenvalue weighted by Crippen LogP contribution is 2.25. The van der Waals surface area contributed by atoms with Gasteiger partial charge in [0.05, 0.1) is 5.56 Å². The topological polar surface area (TPSA) is 59.2 Å². The number of aromatic nitrogens is 1. The van der Waals surface area contributed by atoms with Crippen LogP contribution in [0.3, 0.4) is 0 Å². The van der Waals surface area contributed by atoms with Gasteiger partial charge in [0.15, 0.2) is 0 Å². The van der Waals surface area contributed by atoms with Gasteiger partial charge in [-0.1, -0.05) is 19.3 Å². The molecule has 2 N–H and O–H groups in total. The highest BCUT2D eigenvalue weighted by molar-refractivity contribution is 9.10. The predicted molar refractivity (Wildman–Crippen MR) is 75.3 cm³/mol. The van der Waals surface area contributed by atoms with Crippen LogP contribution in [0.4, 0.5) is 5.82 Å². The molecule has 0 bridgehead atoms. The zero-order valence-corrected chi connectivity index (χ0v) is 12.1. The lowest BCUT2D eigenvalue weighted by atomic mass is 9.94. The SMILES string of the molecule is CN(C(=O)c1cc(N)ncc1Br)C1CCCCC1. The standard InChI is InChI=1S/C13H18BrN3O/c1-17(9-5-3-2-4-6-9)13(18)10-7-12(15)16-8-11(10)14/h7-9H,2-6H2,1H3,(H2,15,16). The van der Waals surface area contributed by atoms with Crippen LogP contribution >= 0.6 is 15.9 Å². The monoisotopic (exact) mass is 311 g/mol. The molecule has 0 saturated heterocycles. The van der Waals surface area contributed by atoms with E-state index < -0.39 is 0 Å². The second-order valence-corrected chi connectivity index (χ2v) is 5.65. The highest BCUT2D eigenvalue weighted by Gasteiger charge is 2.24. The largest absolute Gasteiger partial charge is 0.384 e. The Hall–Kier alpha value is -1.10. The molecule has 1 saturated carbocycles. The molecule has 0 unspecified atom stereocenters. The number of nitrogen functional groups attached to an aromatic ring is 1. The van der Waals surface area contributed by atoms with Gasteiger partial charge in [0.2, 0.25) is 0 Å². The number of carbonyl (C=O) groups is 1. The molecule has 1 aliphatic rings. The van der Waals surface area contributed by atoms with E-state index in [0.29, 0.717) is 21.9 Å². The van der Waals surface area contributed by atoms with Crippen LogP contribution in [0, 0.1) is 0 Å². The first kappa shape index (κ1) is 13.3. The van der Waals surface area contributed by atoms with Gasteiger partial charge >= 0.3 is 0 Å². The normalized spacial score (nSPS) is 16.6. The third-order valence-corrected chi connectivity index (χ3v) is 4.18. The quantitative estimate of drug-likeness (QED) is 0.913. The number of hydrogen-bond acceptors (Lipinski definition) is 3. The summed E-state index contributed by atoms with van der Waals surface area (Å²) in [6.07, 6.45) is 7.48. The lowest BCUT2D eigenvalue weighted by Crippen LogP contribution is -2.38. The van der Waals surface area contributed by atoms with E-state index >= 15 is 0 Å². The van der Waals surface area contributed by atoms with Gasteiger partial charge in [0.1, 0.15) is 5.82 Å². The molecule has 4 nitrogen and oxygen atoms in total. The maximum atomic E-state index is 12.4. The number of hydrogen-bond donors (Lipinski definition) is 1. The summed E-state index contributed by atoms with van der Waals surface area (Å²) in [4.78, 5) is 18.2. The number of amides is 1. The van der Waals surface area contributed by atoms with E-state index in [0.717, 1.165) is 12.8 Å². The van der Waals surface area contributed by atoms with Gasteiger partial charge in [-0.3, -0.25) is 4.79 Å². The summed E-state index contributed by atoms with van der Waals surface area (Å²) < 4.78 is 0.698. The first-order chi connectivity index (χ1) is 8.59. The number of rotatable bonds is 2. The second kappa shape index (κ2) is 5.69. The Morgan fingerprint density at radius 2 is 2.11 bits per heavy atom. The lowest BCUT2D eigenvalue weighted by molar-refractivity contribution is 0.0695. The molecule has 1 aromatic heterocycles. The number of pyridine rings is 1. The minimum Gasteiger partial charge on any atom is -0.384 e. The van der Waals surface area contributed by atoms with E-state index in [-0.39, 0.29) is 5.91 Å². The van der Waals surface area contributed by atoms with E-state index in [1.807, 2.05) is 11.9 Å². The van der Waals surface area contributed by atoms with Crippen molar-refractivity contribution in [3.05, 3.63) is 22.3 Å². The first-order valence-electron chi connectivity index (χ1n) is 6.28. The van der Waals surface area contributed by atoms with E-state index in [4.69, 9.17) is 5.73 Å². The van der Waals surface area contributed by atoms with E-state index in [9.17, 15) is 4.79 Å². The molecule has 0 aromatic carbocycles. The fourth-order valence-corrected chi connectivity index (χ4v) is 2.83. The maximum Gasteiger partial charge on any atom is 0.255 e. The summed E-state index contributed by atoms with van der Waals surface area (Å²) in [5.74, 6) is 0.390. The molecule has 2 rings (SSSR count). The number of carbonyl (C=O) groups excluding carboxylic acids is 1. The van der Waals surface area contributed by atoms with Gasteiger partial charge in [-0.2, -0.15) is 0 Å². The van der Waals surface area contributed by atoms with Crippen LogP contribution < -0.4 is 5.73 Å². The Balaban J connectivity index is 2.16. The summed E-state index contributed by atoms with van der Waals surface area (Å²) in [6, 6.07) is 1.98. The molecule has 1 heterocycles. The van der Waals surface area contributed by atoms with Crippen LogP contribution in [-0.4, -0.2) is 28.9 Å². The molecular formula is C13H18BrN3O. The molecule has 1 aromatic rings. The van der Waals surface area contributed by atoms with Gasteiger partial charge < -0.3 is 10.6 Å². The van der Waals surface area contributed by atoms with Crippen molar-refractivity contribution in [1.82, 2.24) is 9.88 Å². The smallest absolute Gasteiger partial charge is 0.255 e.